The van der Waals surface area contributed by atoms with Gasteiger partial charge in [-0.05, 0) is 86.4 Å². The van der Waals surface area contributed by atoms with E-state index in [1.807, 2.05) is 7.05 Å². The van der Waals surface area contributed by atoms with E-state index in [9.17, 15) is 9.59 Å². The van der Waals surface area contributed by atoms with Crippen LogP contribution in [0, 0.1) is 11.8 Å². The fourth-order valence-corrected chi connectivity index (χ4v) is 5.34. The van der Waals surface area contributed by atoms with Crippen LogP contribution in [0.25, 0.3) is 0 Å². The van der Waals surface area contributed by atoms with E-state index in [1.54, 1.807) is 0 Å². The highest BCUT2D eigenvalue weighted by Gasteiger charge is 2.35. The van der Waals surface area contributed by atoms with Crippen molar-refractivity contribution in [3.05, 3.63) is 46.7 Å². The first-order valence-corrected chi connectivity index (χ1v) is 14.2. The molecule has 3 N–H and O–H groups in total. The first-order valence-electron chi connectivity index (χ1n) is 14.2. The first-order chi connectivity index (χ1) is 17.4. The zero-order chi connectivity index (χ0) is 25.9. The highest BCUT2D eigenvalue weighted by molar-refractivity contribution is 5.85. The Labute approximate surface area is 218 Å². The Morgan fingerprint density at radius 1 is 1.03 bits per heavy atom. The minimum atomic E-state index is -0.126. The number of aryl methyl sites for hydroxylation is 2. The van der Waals surface area contributed by atoms with Gasteiger partial charge in [-0.3, -0.25) is 9.59 Å². The lowest BCUT2D eigenvalue weighted by molar-refractivity contribution is -0.126. The summed E-state index contributed by atoms with van der Waals surface area (Å²) in [6, 6.07) is 7.05. The summed E-state index contributed by atoms with van der Waals surface area (Å²) in [7, 11) is 2.00. The van der Waals surface area contributed by atoms with E-state index in [0.717, 1.165) is 51.5 Å². The number of allylic oxidation sites excluding steroid dienone is 1. The average molecular weight is 497 g/mol. The number of carbonyl (C=O) groups is 2. The number of rotatable bonds is 4. The van der Waals surface area contributed by atoms with Crippen molar-refractivity contribution in [3.63, 3.8) is 0 Å². The van der Waals surface area contributed by atoms with Crippen molar-refractivity contribution in [2.24, 2.45) is 11.8 Å². The van der Waals surface area contributed by atoms with Crippen molar-refractivity contribution < 1.29 is 9.59 Å². The fraction of sp³-hybridized carbons (Fsp3) is 0.667. The summed E-state index contributed by atoms with van der Waals surface area (Å²) < 4.78 is 0. The smallest absolute Gasteiger partial charge is 0.239 e. The average Bonchev–Trinajstić information content (AvgIpc) is 3.69. The molecule has 6 heteroatoms. The lowest BCUT2D eigenvalue weighted by atomic mass is 9.90. The molecule has 2 unspecified atom stereocenters. The Hall–Kier alpha value is -2.34. The maximum absolute atomic E-state index is 12.6. The second-order valence-electron chi connectivity index (χ2n) is 10.8. The summed E-state index contributed by atoms with van der Waals surface area (Å²) in [6.45, 7) is 8.64. The van der Waals surface area contributed by atoms with Gasteiger partial charge in [0.1, 0.15) is 0 Å². The van der Waals surface area contributed by atoms with Crippen LogP contribution in [0.4, 0.5) is 0 Å². The molecule has 1 aromatic carbocycles. The molecule has 2 aliphatic rings. The maximum atomic E-state index is 12.6. The molecular weight excluding hydrogens is 448 g/mol. The van der Waals surface area contributed by atoms with Crippen molar-refractivity contribution in [1.29, 1.82) is 0 Å². The monoisotopic (exact) mass is 496 g/mol. The van der Waals surface area contributed by atoms with Gasteiger partial charge in [-0.15, -0.1) is 0 Å². The quantitative estimate of drug-likeness (QED) is 0.590. The number of amides is 2. The van der Waals surface area contributed by atoms with Gasteiger partial charge in [-0.2, -0.15) is 0 Å². The van der Waals surface area contributed by atoms with Crippen molar-refractivity contribution in [3.8, 4) is 0 Å². The number of fused-ring (bicyclic) bond motifs is 2. The Morgan fingerprint density at radius 3 is 2.47 bits per heavy atom. The molecule has 1 heterocycles. The summed E-state index contributed by atoms with van der Waals surface area (Å²) in [5.41, 5.74) is 5.63. The third kappa shape index (κ3) is 8.65. The normalized spacial score (nSPS) is 24.8. The number of likely N-dealkylation sites (N-methyl/N-ethyl adjacent to an activating group) is 1. The van der Waals surface area contributed by atoms with Gasteiger partial charge in [0.2, 0.25) is 11.8 Å². The number of hydrogen-bond acceptors (Lipinski definition) is 4. The molecule has 3 rings (SSSR count). The minimum absolute atomic E-state index is 0.0257. The van der Waals surface area contributed by atoms with Crippen LogP contribution in [-0.4, -0.2) is 56.0 Å². The van der Waals surface area contributed by atoms with Crippen LogP contribution in [0.2, 0.25) is 0 Å². The molecule has 1 aliphatic carbocycles. The summed E-state index contributed by atoms with van der Waals surface area (Å²) in [6.07, 6.45) is 12.0. The number of hydrogen-bond donors (Lipinski definition) is 3. The molecular formula is C30H48N4O2. The Morgan fingerprint density at radius 2 is 1.78 bits per heavy atom. The molecule has 1 aromatic rings. The second kappa shape index (κ2) is 14.4. The highest BCUT2D eigenvalue weighted by atomic mass is 16.2. The molecule has 0 saturated heterocycles. The number of benzene rings is 1. The van der Waals surface area contributed by atoms with Crippen LogP contribution in [0.3, 0.4) is 0 Å². The van der Waals surface area contributed by atoms with Crippen molar-refractivity contribution >= 4 is 11.8 Å². The summed E-state index contributed by atoms with van der Waals surface area (Å²) >= 11 is 0. The third-order valence-corrected chi connectivity index (χ3v) is 7.50. The van der Waals surface area contributed by atoms with Crippen LogP contribution < -0.4 is 16.0 Å². The van der Waals surface area contributed by atoms with E-state index in [4.69, 9.17) is 0 Å². The number of nitrogens with one attached hydrogen (secondary N) is 3. The molecule has 2 bridgehead atoms. The molecule has 1 saturated carbocycles. The van der Waals surface area contributed by atoms with Crippen LogP contribution in [-0.2, 0) is 28.9 Å². The Bertz CT molecular complexity index is 893. The molecule has 36 heavy (non-hydrogen) atoms. The number of carbonyl (C=O) groups excluding carboxylic acids is 2. The SMILES string of the molecule is CC/C=C1\C(C2CC2)NCC(C)CCc2cccc(c2CCC)CCCNC(=O)CNC(=O)CN1C. The molecule has 6 nitrogen and oxygen atoms in total. The number of nitrogens with zero attached hydrogens (tertiary/aromatic N) is 1. The van der Waals surface area contributed by atoms with Gasteiger partial charge < -0.3 is 20.9 Å². The van der Waals surface area contributed by atoms with Crippen LogP contribution in [0.15, 0.2) is 30.0 Å². The standard InChI is InChI=1S/C30H48N4O2/c1-5-9-26-23-11-7-12-24(26)15-14-22(3)19-33-30(25-16-17-25)27(10-6-2)34(4)21-29(36)32-20-28(35)31-18-8-13-23/h7,10-12,22,25,30,33H,5-6,8-9,13-21H2,1-4H3,(H,31,35)(H,32,36)/b27-10+. The van der Waals surface area contributed by atoms with E-state index >= 15 is 0 Å². The van der Waals surface area contributed by atoms with E-state index in [-0.39, 0.29) is 30.9 Å². The van der Waals surface area contributed by atoms with Crippen LogP contribution in [0.1, 0.15) is 76.0 Å². The predicted octanol–water partition coefficient (Wildman–Crippen LogP) is 3.98. The van der Waals surface area contributed by atoms with Gasteiger partial charge in [0.05, 0.1) is 13.1 Å². The zero-order valence-electron chi connectivity index (χ0n) is 23.0. The fourth-order valence-electron chi connectivity index (χ4n) is 5.34. The lowest BCUT2D eigenvalue weighted by Gasteiger charge is -2.31. The molecule has 2 amide bonds. The van der Waals surface area contributed by atoms with Gasteiger partial charge in [0, 0.05) is 25.3 Å². The van der Waals surface area contributed by atoms with Crippen LogP contribution in [0.5, 0.6) is 0 Å². The zero-order valence-corrected chi connectivity index (χ0v) is 23.0. The third-order valence-electron chi connectivity index (χ3n) is 7.50. The summed E-state index contributed by atoms with van der Waals surface area (Å²) in [5, 5.41) is 9.66. The molecule has 2 atom stereocenters. The molecule has 1 aliphatic heterocycles. The molecule has 0 spiro atoms. The Balaban J connectivity index is 1.78. The topological polar surface area (TPSA) is 73.5 Å². The minimum Gasteiger partial charge on any atom is -0.368 e. The van der Waals surface area contributed by atoms with Gasteiger partial charge in [-0.25, -0.2) is 0 Å². The van der Waals surface area contributed by atoms with E-state index in [2.05, 4.69) is 65.9 Å². The van der Waals surface area contributed by atoms with Gasteiger partial charge in [0.25, 0.3) is 0 Å². The van der Waals surface area contributed by atoms with E-state index in [0.29, 0.717) is 18.4 Å². The maximum Gasteiger partial charge on any atom is 0.239 e. The van der Waals surface area contributed by atoms with Gasteiger partial charge in [0.15, 0.2) is 0 Å². The van der Waals surface area contributed by atoms with Gasteiger partial charge >= 0.3 is 0 Å². The largest absolute Gasteiger partial charge is 0.368 e. The molecule has 0 radical (unpaired) electrons. The molecule has 200 valence electrons. The second-order valence-corrected chi connectivity index (χ2v) is 10.8. The predicted molar refractivity (Wildman–Crippen MR) is 148 cm³/mol. The van der Waals surface area contributed by atoms with Crippen molar-refractivity contribution in [1.82, 2.24) is 20.9 Å². The van der Waals surface area contributed by atoms with E-state index in [1.165, 1.54) is 35.2 Å². The van der Waals surface area contributed by atoms with E-state index < -0.39 is 0 Å². The molecule has 0 aromatic heterocycles. The first kappa shape index (κ1) is 28.2. The van der Waals surface area contributed by atoms with Gasteiger partial charge in [-0.1, -0.05) is 51.5 Å². The molecule has 1 fully saturated rings. The Kier molecular flexibility index (Phi) is 11.3. The van der Waals surface area contributed by atoms with Crippen molar-refractivity contribution in [2.45, 2.75) is 84.6 Å². The highest BCUT2D eigenvalue weighted by Crippen LogP contribution is 2.36. The van der Waals surface area contributed by atoms with Crippen molar-refractivity contribution in [2.75, 3.05) is 33.2 Å². The summed E-state index contributed by atoms with van der Waals surface area (Å²) in [5.74, 6) is 0.963. The lowest BCUT2D eigenvalue weighted by Crippen LogP contribution is -2.45. The van der Waals surface area contributed by atoms with Crippen LogP contribution >= 0.6 is 0 Å². The summed E-state index contributed by atoms with van der Waals surface area (Å²) in [4.78, 5) is 27.0.